The summed E-state index contributed by atoms with van der Waals surface area (Å²) in [4.78, 5) is 27.6. The average Bonchev–Trinajstić information content (AvgIpc) is 2.37. The summed E-state index contributed by atoms with van der Waals surface area (Å²) < 4.78 is 0. The lowest BCUT2D eigenvalue weighted by molar-refractivity contribution is -0.132. The van der Waals surface area contributed by atoms with Crippen LogP contribution in [0.1, 0.15) is 25.0 Å². The topological polar surface area (TPSA) is 52.7 Å². The van der Waals surface area contributed by atoms with Gasteiger partial charge < -0.3 is 10.2 Å². The van der Waals surface area contributed by atoms with Gasteiger partial charge in [-0.2, -0.15) is 0 Å². The summed E-state index contributed by atoms with van der Waals surface area (Å²) >= 11 is 0. The molecule has 0 atom stereocenters. The molecule has 22 heavy (non-hydrogen) atoms. The van der Waals surface area contributed by atoms with Crippen LogP contribution in [-0.2, 0) is 9.59 Å². The maximum absolute atomic E-state index is 12.1. The molecule has 5 nitrogen and oxygen atoms in total. The van der Waals surface area contributed by atoms with Gasteiger partial charge in [0.2, 0.25) is 11.8 Å². The molecule has 122 valence electrons. The first-order chi connectivity index (χ1) is 10.3. The highest BCUT2D eigenvalue weighted by Gasteiger charge is 2.14. The van der Waals surface area contributed by atoms with E-state index in [4.69, 9.17) is 0 Å². The van der Waals surface area contributed by atoms with Crippen LogP contribution >= 0.6 is 0 Å². The van der Waals surface area contributed by atoms with Crippen LogP contribution in [0.3, 0.4) is 0 Å². The Morgan fingerprint density at radius 3 is 2.05 bits per heavy atom. The smallest absolute Gasteiger partial charge is 0.238 e. The highest BCUT2D eigenvalue weighted by molar-refractivity contribution is 5.92. The molecule has 0 aliphatic heterocycles. The molecular weight excluding hydrogens is 278 g/mol. The minimum atomic E-state index is -0.111. The molecule has 0 aliphatic carbocycles. The SMILES string of the molecule is CCN(CC)C(=O)CN(C)CC(=O)Nc1cc(C)cc(C)c1. The van der Waals surface area contributed by atoms with Crippen molar-refractivity contribution in [1.29, 1.82) is 0 Å². The van der Waals surface area contributed by atoms with Crippen LogP contribution in [0.15, 0.2) is 18.2 Å². The molecule has 0 heterocycles. The summed E-state index contributed by atoms with van der Waals surface area (Å²) in [5.41, 5.74) is 3.02. The van der Waals surface area contributed by atoms with Crippen molar-refractivity contribution in [2.75, 3.05) is 38.5 Å². The number of carbonyl (C=O) groups excluding carboxylic acids is 2. The van der Waals surface area contributed by atoms with E-state index in [0.717, 1.165) is 16.8 Å². The number of nitrogens with one attached hydrogen (secondary N) is 1. The molecule has 0 saturated carbocycles. The van der Waals surface area contributed by atoms with Crippen molar-refractivity contribution in [2.45, 2.75) is 27.7 Å². The average molecular weight is 305 g/mol. The first kappa shape index (κ1) is 18.2. The van der Waals surface area contributed by atoms with Gasteiger partial charge >= 0.3 is 0 Å². The standard InChI is InChI=1S/C17H27N3O2/c1-6-20(7-2)17(22)12-19(5)11-16(21)18-15-9-13(3)8-14(4)10-15/h8-10H,6-7,11-12H2,1-5H3,(H,18,21). The number of hydrogen-bond acceptors (Lipinski definition) is 3. The van der Waals surface area contributed by atoms with Crippen LogP contribution in [0.5, 0.6) is 0 Å². The van der Waals surface area contributed by atoms with E-state index in [1.807, 2.05) is 39.8 Å². The second kappa shape index (κ2) is 8.54. The summed E-state index contributed by atoms with van der Waals surface area (Å²) in [6.45, 7) is 9.73. The summed E-state index contributed by atoms with van der Waals surface area (Å²) in [5.74, 6) is -0.0634. The monoisotopic (exact) mass is 305 g/mol. The Morgan fingerprint density at radius 2 is 1.55 bits per heavy atom. The zero-order valence-electron chi connectivity index (χ0n) is 14.3. The summed E-state index contributed by atoms with van der Waals surface area (Å²) in [7, 11) is 1.78. The molecule has 0 aliphatic rings. The fraction of sp³-hybridized carbons (Fsp3) is 0.529. The van der Waals surface area contributed by atoms with E-state index in [9.17, 15) is 9.59 Å². The van der Waals surface area contributed by atoms with Crippen molar-refractivity contribution >= 4 is 17.5 Å². The molecule has 1 rings (SSSR count). The molecule has 0 saturated heterocycles. The molecule has 2 amide bonds. The van der Waals surface area contributed by atoms with E-state index in [1.165, 1.54) is 0 Å². The Kier molecular flexibility index (Phi) is 7.05. The van der Waals surface area contributed by atoms with Crippen LogP contribution in [0.25, 0.3) is 0 Å². The van der Waals surface area contributed by atoms with Crippen molar-refractivity contribution in [1.82, 2.24) is 9.80 Å². The Balaban J connectivity index is 2.52. The molecule has 5 heteroatoms. The Labute approximate surface area is 133 Å². The van der Waals surface area contributed by atoms with E-state index in [2.05, 4.69) is 11.4 Å². The molecule has 0 bridgehead atoms. The highest BCUT2D eigenvalue weighted by Crippen LogP contribution is 2.13. The van der Waals surface area contributed by atoms with E-state index >= 15 is 0 Å². The van der Waals surface area contributed by atoms with Gasteiger partial charge in [0.1, 0.15) is 0 Å². The number of aryl methyl sites for hydroxylation is 2. The van der Waals surface area contributed by atoms with Gasteiger partial charge in [0.15, 0.2) is 0 Å². The Bertz CT molecular complexity index is 504. The second-order valence-electron chi connectivity index (χ2n) is 5.66. The van der Waals surface area contributed by atoms with Crippen molar-refractivity contribution in [3.63, 3.8) is 0 Å². The molecule has 1 aromatic carbocycles. The third-order valence-corrected chi connectivity index (χ3v) is 3.44. The zero-order chi connectivity index (χ0) is 16.7. The normalized spacial score (nSPS) is 10.6. The number of nitrogens with zero attached hydrogens (tertiary/aromatic N) is 2. The van der Waals surface area contributed by atoms with Gasteiger partial charge in [-0.25, -0.2) is 0 Å². The predicted molar refractivity (Wildman–Crippen MR) is 90.0 cm³/mol. The van der Waals surface area contributed by atoms with Gasteiger partial charge in [0.25, 0.3) is 0 Å². The molecule has 0 fully saturated rings. The largest absolute Gasteiger partial charge is 0.342 e. The zero-order valence-corrected chi connectivity index (χ0v) is 14.3. The maximum atomic E-state index is 12.1. The number of carbonyl (C=O) groups is 2. The highest BCUT2D eigenvalue weighted by atomic mass is 16.2. The molecule has 1 aromatic rings. The number of rotatable bonds is 7. The number of likely N-dealkylation sites (N-methyl/N-ethyl adjacent to an activating group) is 2. The second-order valence-corrected chi connectivity index (χ2v) is 5.66. The van der Waals surface area contributed by atoms with Crippen LogP contribution < -0.4 is 5.32 Å². The van der Waals surface area contributed by atoms with E-state index in [-0.39, 0.29) is 24.9 Å². The van der Waals surface area contributed by atoms with E-state index in [1.54, 1.807) is 16.8 Å². The van der Waals surface area contributed by atoms with Crippen molar-refractivity contribution in [2.24, 2.45) is 0 Å². The van der Waals surface area contributed by atoms with Crippen molar-refractivity contribution in [3.05, 3.63) is 29.3 Å². The number of hydrogen-bond donors (Lipinski definition) is 1. The minimum absolute atomic E-state index is 0.0479. The van der Waals surface area contributed by atoms with Crippen LogP contribution in [0, 0.1) is 13.8 Å². The lowest BCUT2D eigenvalue weighted by Gasteiger charge is -2.22. The van der Waals surface area contributed by atoms with Gasteiger partial charge in [0, 0.05) is 18.8 Å². The first-order valence-corrected chi connectivity index (χ1v) is 7.70. The molecule has 0 unspecified atom stereocenters. The van der Waals surface area contributed by atoms with Crippen molar-refractivity contribution < 1.29 is 9.59 Å². The third kappa shape index (κ3) is 5.85. The Hall–Kier alpha value is -1.88. The summed E-state index contributed by atoms with van der Waals surface area (Å²) in [6, 6.07) is 5.93. The number of anilines is 1. The number of benzene rings is 1. The van der Waals surface area contributed by atoms with Crippen LogP contribution in [-0.4, -0.2) is 54.8 Å². The fourth-order valence-electron chi connectivity index (χ4n) is 2.46. The molecule has 0 radical (unpaired) electrons. The van der Waals surface area contributed by atoms with Crippen LogP contribution in [0.4, 0.5) is 5.69 Å². The molecule has 0 spiro atoms. The lowest BCUT2D eigenvalue weighted by Crippen LogP contribution is -2.41. The van der Waals surface area contributed by atoms with Crippen LogP contribution in [0.2, 0.25) is 0 Å². The fourth-order valence-corrected chi connectivity index (χ4v) is 2.46. The molecule has 0 aromatic heterocycles. The van der Waals surface area contributed by atoms with Gasteiger partial charge in [-0.3, -0.25) is 14.5 Å². The summed E-state index contributed by atoms with van der Waals surface area (Å²) in [5, 5.41) is 2.88. The van der Waals surface area contributed by atoms with Gasteiger partial charge in [-0.05, 0) is 58.0 Å². The predicted octanol–water partition coefficient (Wildman–Crippen LogP) is 2.04. The lowest BCUT2D eigenvalue weighted by atomic mass is 10.1. The maximum Gasteiger partial charge on any atom is 0.238 e. The van der Waals surface area contributed by atoms with Gasteiger partial charge in [0.05, 0.1) is 13.1 Å². The van der Waals surface area contributed by atoms with Crippen molar-refractivity contribution in [3.8, 4) is 0 Å². The first-order valence-electron chi connectivity index (χ1n) is 7.70. The third-order valence-electron chi connectivity index (χ3n) is 3.44. The number of amides is 2. The van der Waals surface area contributed by atoms with E-state index in [0.29, 0.717) is 13.1 Å². The quantitative estimate of drug-likeness (QED) is 0.839. The molecular formula is C17H27N3O2. The van der Waals surface area contributed by atoms with Gasteiger partial charge in [-0.1, -0.05) is 6.07 Å². The minimum Gasteiger partial charge on any atom is -0.342 e. The Morgan fingerprint density at radius 1 is 1.00 bits per heavy atom. The van der Waals surface area contributed by atoms with Gasteiger partial charge in [-0.15, -0.1) is 0 Å². The van der Waals surface area contributed by atoms with E-state index < -0.39 is 0 Å². The summed E-state index contributed by atoms with van der Waals surface area (Å²) in [6.07, 6.45) is 0. The molecule has 1 N–H and O–H groups in total.